The first-order valence-electron chi connectivity index (χ1n) is 10.4. The SMILES string of the molecule is CCOC(=O)[C@H]1[C@H]2C(=O)N([C@@H](CC)CO)[C@H](C(=O)NC(C)C)[C@H]2C=C[C@H]1CC. The smallest absolute Gasteiger partial charge is 0.310 e. The van der Waals surface area contributed by atoms with Crippen molar-refractivity contribution >= 4 is 17.8 Å². The number of allylic oxidation sites excluding steroid dienone is 1. The lowest BCUT2D eigenvalue weighted by atomic mass is 9.69. The Kier molecular flexibility index (Phi) is 7.63. The summed E-state index contributed by atoms with van der Waals surface area (Å²) < 4.78 is 5.29. The molecule has 0 radical (unpaired) electrons. The summed E-state index contributed by atoms with van der Waals surface area (Å²) in [6.07, 6.45) is 5.10. The second kappa shape index (κ2) is 9.54. The third-order valence-corrected chi connectivity index (χ3v) is 5.85. The minimum Gasteiger partial charge on any atom is -0.466 e. The summed E-state index contributed by atoms with van der Waals surface area (Å²) in [7, 11) is 0. The average Bonchev–Trinajstić information content (AvgIpc) is 2.94. The van der Waals surface area contributed by atoms with Crippen LogP contribution in [0.15, 0.2) is 12.2 Å². The van der Waals surface area contributed by atoms with Crippen LogP contribution in [-0.4, -0.2) is 59.1 Å². The maximum absolute atomic E-state index is 13.5. The second-order valence-electron chi connectivity index (χ2n) is 7.94. The van der Waals surface area contributed by atoms with Gasteiger partial charge in [0.05, 0.1) is 31.1 Å². The number of nitrogens with one attached hydrogen (secondary N) is 1. The molecule has 0 bridgehead atoms. The van der Waals surface area contributed by atoms with Gasteiger partial charge in [-0.15, -0.1) is 0 Å². The lowest BCUT2D eigenvalue weighted by Gasteiger charge is -2.34. The van der Waals surface area contributed by atoms with E-state index in [-0.39, 0.29) is 43.0 Å². The molecule has 6 atom stereocenters. The summed E-state index contributed by atoms with van der Waals surface area (Å²) in [5.41, 5.74) is 0. The number of carbonyl (C=O) groups is 3. The summed E-state index contributed by atoms with van der Waals surface area (Å²) in [5.74, 6) is -2.64. The van der Waals surface area contributed by atoms with Gasteiger partial charge in [-0.3, -0.25) is 14.4 Å². The van der Waals surface area contributed by atoms with Crippen LogP contribution in [0.4, 0.5) is 0 Å². The van der Waals surface area contributed by atoms with Crippen LogP contribution in [0, 0.1) is 23.7 Å². The monoisotopic (exact) mass is 394 g/mol. The molecule has 2 N–H and O–H groups in total. The minimum absolute atomic E-state index is 0.0745. The zero-order valence-corrected chi connectivity index (χ0v) is 17.6. The van der Waals surface area contributed by atoms with E-state index in [1.165, 1.54) is 4.90 Å². The van der Waals surface area contributed by atoms with E-state index in [4.69, 9.17) is 4.74 Å². The van der Waals surface area contributed by atoms with Gasteiger partial charge in [0.25, 0.3) is 0 Å². The molecule has 2 rings (SSSR count). The van der Waals surface area contributed by atoms with Crippen LogP contribution in [0.2, 0.25) is 0 Å². The molecule has 1 aliphatic carbocycles. The Morgan fingerprint density at radius 1 is 1.25 bits per heavy atom. The summed E-state index contributed by atoms with van der Waals surface area (Å²) in [4.78, 5) is 40.8. The molecule has 2 aliphatic rings. The third-order valence-electron chi connectivity index (χ3n) is 5.85. The fourth-order valence-corrected chi connectivity index (χ4v) is 4.57. The van der Waals surface area contributed by atoms with E-state index in [2.05, 4.69) is 5.32 Å². The van der Waals surface area contributed by atoms with Gasteiger partial charge in [0.1, 0.15) is 6.04 Å². The summed E-state index contributed by atoms with van der Waals surface area (Å²) in [6, 6.07) is -1.27. The second-order valence-corrected chi connectivity index (χ2v) is 7.94. The molecule has 0 aromatic heterocycles. The molecular formula is C21H34N2O5. The highest BCUT2D eigenvalue weighted by atomic mass is 16.5. The van der Waals surface area contributed by atoms with Gasteiger partial charge in [0.15, 0.2) is 0 Å². The zero-order valence-electron chi connectivity index (χ0n) is 17.6. The maximum Gasteiger partial charge on any atom is 0.310 e. The highest BCUT2D eigenvalue weighted by Crippen LogP contribution is 2.46. The van der Waals surface area contributed by atoms with Crippen LogP contribution < -0.4 is 5.32 Å². The molecule has 0 saturated carbocycles. The van der Waals surface area contributed by atoms with Crippen molar-refractivity contribution in [2.75, 3.05) is 13.2 Å². The normalized spacial score (nSPS) is 30.3. The first kappa shape index (κ1) is 22.4. The van der Waals surface area contributed by atoms with E-state index in [1.54, 1.807) is 6.92 Å². The maximum atomic E-state index is 13.5. The van der Waals surface area contributed by atoms with Crippen molar-refractivity contribution in [1.82, 2.24) is 10.2 Å². The fourth-order valence-electron chi connectivity index (χ4n) is 4.57. The van der Waals surface area contributed by atoms with Gasteiger partial charge in [-0.2, -0.15) is 0 Å². The number of ether oxygens (including phenoxy) is 1. The van der Waals surface area contributed by atoms with Crippen LogP contribution in [0.5, 0.6) is 0 Å². The molecule has 1 saturated heterocycles. The standard InChI is InChI=1S/C21H34N2O5/c1-6-13-9-10-15-17(16(13)21(27)28-8-3)20(26)23(14(7-2)11-24)18(15)19(25)22-12(4)5/h9-10,12-18,24H,6-8,11H2,1-5H3,(H,22,25)/t13-,14+,15+,16-,17+,18+/m1/s1. The van der Waals surface area contributed by atoms with Crippen molar-refractivity contribution < 1.29 is 24.2 Å². The molecule has 0 aromatic carbocycles. The number of aliphatic hydroxyl groups is 1. The van der Waals surface area contributed by atoms with Crippen LogP contribution in [0.1, 0.15) is 47.5 Å². The number of aliphatic hydroxyl groups excluding tert-OH is 1. The van der Waals surface area contributed by atoms with E-state index in [9.17, 15) is 19.5 Å². The van der Waals surface area contributed by atoms with Gasteiger partial charge >= 0.3 is 5.97 Å². The van der Waals surface area contributed by atoms with Gasteiger partial charge in [-0.05, 0) is 39.5 Å². The van der Waals surface area contributed by atoms with Gasteiger partial charge in [0, 0.05) is 12.0 Å². The van der Waals surface area contributed by atoms with Crippen molar-refractivity contribution in [3.8, 4) is 0 Å². The van der Waals surface area contributed by atoms with E-state index >= 15 is 0 Å². The lowest BCUT2D eigenvalue weighted by Crippen LogP contribution is -2.53. The summed E-state index contributed by atoms with van der Waals surface area (Å²) >= 11 is 0. The topological polar surface area (TPSA) is 95.9 Å². The Bertz CT molecular complexity index is 614. The quantitative estimate of drug-likeness (QED) is 0.480. The number of fused-ring (bicyclic) bond motifs is 1. The summed E-state index contributed by atoms with van der Waals surface area (Å²) in [6.45, 7) is 9.35. The molecular weight excluding hydrogens is 360 g/mol. The van der Waals surface area contributed by atoms with Crippen molar-refractivity contribution in [2.24, 2.45) is 23.7 Å². The van der Waals surface area contributed by atoms with E-state index in [1.807, 2.05) is 39.8 Å². The molecule has 1 fully saturated rings. The highest BCUT2D eigenvalue weighted by Gasteiger charge is 2.58. The fraction of sp³-hybridized carbons (Fsp3) is 0.762. The van der Waals surface area contributed by atoms with E-state index in [0.717, 1.165) is 0 Å². The number of amides is 2. The van der Waals surface area contributed by atoms with Crippen LogP contribution >= 0.6 is 0 Å². The van der Waals surface area contributed by atoms with Crippen LogP contribution in [-0.2, 0) is 19.1 Å². The lowest BCUT2D eigenvalue weighted by molar-refractivity contribution is -0.156. The first-order chi connectivity index (χ1) is 13.3. The van der Waals surface area contributed by atoms with Crippen molar-refractivity contribution in [2.45, 2.75) is 65.6 Å². The number of nitrogens with zero attached hydrogens (tertiary/aromatic N) is 1. The molecule has 7 nitrogen and oxygen atoms in total. The molecule has 2 amide bonds. The Labute approximate surface area is 167 Å². The van der Waals surface area contributed by atoms with E-state index in [0.29, 0.717) is 12.8 Å². The molecule has 0 aromatic rings. The molecule has 28 heavy (non-hydrogen) atoms. The van der Waals surface area contributed by atoms with Crippen LogP contribution in [0.3, 0.4) is 0 Å². The summed E-state index contributed by atoms with van der Waals surface area (Å²) in [5, 5.41) is 12.7. The number of likely N-dealkylation sites (tertiary alicyclic amines) is 1. The molecule has 0 spiro atoms. The van der Waals surface area contributed by atoms with E-state index < -0.39 is 29.8 Å². The average molecular weight is 395 g/mol. The van der Waals surface area contributed by atoms with Gasteiger partial charge in [-0.25, -0.2) is 0 Å². The van der Waals surface area contributed by atoms with Crippen molar-refractivity contribution in [3.63, 3.8) is 0 Å². The number of carbonyl (C=O) groups excluding carboxylic acids is 3. The van der Waals surface area contributed by atoms with Crippen LogP contribution in [0.25, 0.3) is 0 Å². The minimum atomic E-state index is -0.733. The molecule has 7 heteroatoms. The predicted molar refractivity (Wildman–Crippen MR) is 105 cm³/mol. The first-order valence-corrected chi connectivity index (χ1v) is 10.4. The Hall–Kier alpha value is -1.89. The number of rotatable bonds is 8. The number of hydrogen-bond donors (Lipinski definition) is 2. The molecule has 158 valence electrons. The Morgan fingerprint density at radius 3 is 2.43 bits per heavy atom. The Balaban J connectivity index is 2.51. The number of esters is 1. The van der Waals surface area contributed by atoms with Crippen molar-refractivity contribution in [1.29, 1.82) is 0 Å². The van der Waals surface area contributed by atoms with Gasteiger partial charge in [0.2, 0.25) is 11.8 Å². The highest BCUT2D eigenvalue weighted by molar-refractivity contribution is 5.96. The molecule has 1 aliphatic heterocycles. The molecule has 0 unspecified atom stereocenters. The van der Waals surface area contributed by atoms with Gasteiger partial charge < -0.3 is 20.1 Å². The van der Waals surface area contributed by atoms with Gasteiger partial charge in [-0.1, -0.05) is 26.0 Å². The molecule has 1 heterocycles. The third kappa shape index (κ3) is 4.09. The largest absolute Gasteiger partial charge is 0.466 e. The zero-order chi connectivity index (χ0) is 21.0. The van der Waals surface area contributed by atoms with Crippen molar-refractivity contribution in [3.05, 3.63) is 12.2 Å². The number of hydrogen-bond acceptors (Lipinski definition) is 5. The predicted octanol–water partition coefficient (Wildman–Crippen LogP) is 1.50. The Morgan fingerprint density at radius 2 is 1.93 bits per heavy atom.